The van der Waals surface area contributed by atoms with Crippen molar-refractivity contribution in [1.82, 2.24) is 0 Å². The summed E-state index contributed by atoms with van der Waals surface area (Å²) in [6.45, 7) is 7.57. The molecular weight excluding hydrogens is 265 g/mol. The van der Waals surface area contributed by atoms with Crippen molar-refractivity contribution < 1.29 is 18.3 Å². The van der Waals surface area contributed by atoms with Crippen LogP contribution in [0.25, 0.3) is 0 Å². The van der Waals surface area contributed by atoms with Crippen LogP contribution in [0.1, 0.15) is 48.4 Å². The van der Waals surface area contributed by atoms with E-state index in [0.717, 1.165) is 22.3 Å². The molecule has 1 rings (SSSR count). The Labute approximate surface area is 118 Å². The molecule has 0 bridgehead atoms. The standard InChI is InChI=1S/C16H23F3O/c1-11-8-12(2)14(13(3)9-11)10-15(4,20)6-5-7-16(17,18)19/h8-9,20H,5-7,10H2,1-4H3. The second kappa shape index (κ2) is 6.17. The number of hydrogen-bond acceptors (Lipinski definition) is 1. The normalized spacial score (nSPS) is 15.2. The van der Waals surface area contributed by atoms with Crippen molar-refractivity contribution >= 4 is 0 Å². The highest BCUT2D eigenvalue weighted by Crippen LogP contribution is 2.28. The van der Waals surface area contributed by atoms with E-state index in [1.54, 1.807) is 6.92 Å². The van der Waals surface area contributed by atoms with Crippen LogP contribution in [0.15, 0.2) is 12.1 Å². The van der Waals surface area contributed by atoms with Gasteiger partial charge in [-0.05, 0) is 57.2 Å². The number of benzene rings is 1. The summed E-state index contributed by atoms with van der Waals surface area (Å²) >= 11 is 0. The first-order chi connectivity index (χ1) is 9.00. The maximum absolute atomic E-state index is 12.1. The zero-order chi connectivity index (χ0) is 15.6. The Balaban J connectivity index is 2.71. The molecule has 0 fully saturated rings. The van der Waals surface area contributed by atoms with Gasteiger partial charge in [0.1, 0.15) is 0 Å². The van der Waals surface area contributed by atoms with Crippen LogP contribution < -0.4 is 0 Å². The topological polar surface area (TPSA) is 20.2 Å². The molecule has 114 valence electrons. The quantitative estimate of drug-likeness (QED) is 0.837. The van der Waals surface area contributed by atoms with Crippen LogP contribution >= 0.6 is 0 Å². The molecule has 1 aromatic carbocycles. The van der Waals surface area contributed by atoms with Gasteiger partial charge in [0.25, 0.3) is 0 Å². The Kier molecular flexibility index (Phi) is 5.25. The molecule has 0 aromatic heterocycles. The first kappa shape index (κ1) is 17.0. The van der Waals surface area contributed by atoms with E-state index in [9.17, 15) is 18.3 Å². The molecule has 0 spiro atoms. The van der Waals surface area contributed by atoms with Crippen molar-refractivity contribution in [3.05, 3.63) is 34.4 Å². The SMILES string of the molecule is Cc1cc(C)c(CC(C)(O)CCCC(F)(F)F)c(C)c1. The zero-order valence-electron chi connectivity index (χ0n) is 12.6. The molecule has 0 aliphatic rings. The molecule has 0 saturated carbocycles. The van der Waals surface area contributed by atoms with Gasteiger partial charge in [0.2, 0.25) is 0 Å². The van der Waals surface area contributed by atoms with E-state index in [1.807, 2.05) is 32.9 Å². The zero-order valence-corrected chi connectivity index (χ0v) is 12.6. The Bertz CT molecular complexity index is 438. The fourth-order valence-corrected chi connectivity index (χ4v) is 2.63. The summed E-state index contributed by atoms with van der Waals surface area (Å²) in [6, 6.07) is 4.07. The third-order valence-electron chi connectivity index (χ3n) is 3.57. The molecule has 1 atom stereocenters. The molecule has 1 nitrogen and oxygen atoms in total. The molecular formula is C16H23F3O. The number of hydrogen-bond donors (Lipinski definition) is 1. The van der Waals surface area contributed by atoms with Crippen LogP contribution in [-0.2, 0) is 6.42 Å². The molecule has 1 N–H and O–H groups in total. The maximum Gasteiger partial charge on any atom is 0.389 e. The fraction of sp³-hybridized carbons (Fsp3) is 0.625. The number of halogens is 3. The van der Waals surface area contributed by atoms with Crippen LogP contribution in [-0.4, -0.2) is 16.9 Å². The molecule has 1 aromatic rings. The number of rotatable bonds is 5. The van der Waals surface area contributed by atoms with E-state index < -0.39 is 18.2 Å². The van der Waals surface area contributed by atoms with Crippen molar-refractivity contribution in [3.8, 4) is 0 Å². The Morgan fingerprint density at radius 1 is 1.00 bits per heavy atom. The van der Waals surface area contributed by atoms with E-state index >= 15 is 0 Å². The predicted octanol–water partition coefficient (Wildman–Crippen LogP) is 4.64. The van der Waals surface area contributed by atoms with Crippen LogP contribution in [0.5, 0.6) is 0 Å². The van der Waals surface area contributed by atoms with Gasteiger partial charge in [0, 0.05) is 12.8 Å². The summed E-state index contributed by atoms with van der Waals surface area (Å²) in [6.07, 6.45) is -4.48. The Morgan fingerprint density at radius 2 is 1.50 bits per heavy atom. The van der Waals surface area contributed by atoms with Crippen LogP contribution in [0.4, 0.5) is 13.2 Å². The van der Waals surface area contributed by atoms with E-state index in [4.69, 9.17) is 0 Å². The predicted molar refractivity (Wildman–Crippen MR) is 74.9 cm³/mol. The van der Waals surface area contributed by atoms with Gasteiger partial charge >= 0.3 is 6.18 Å². The first-order valence-corrected chi connectivity index (χ1v) is 6.86. The van der Waals surface area contributed by atoms with Crippen molar-refractivity contribution in [3.63, 3.8) is 0 Å². The van der Waals surface area contributed by atoms with Crippen molar-refractivity contribution in [2.24, 2.45) is 0 Å². The van der Waals surface area contributed by atoms with E-state index in [-0.39, 0.29) is 12.8 Å². The minimum Gasteiger partial charge on any atom is -0.390 e. The third kappa shape index (κ3) is 5.53. The molecule has 4 heteroatoms. The second-order valence-corrected chi connectivity index (χ2v) is 6.02. The number of aliphatic hydroxyl groups is 1. The maximum atomic E-state index is 12.1. The molecule has 0 amide bonds. The van der Waals surface area contributed by atoms with Crippen molar-refractivity contribution in [1.29, 1.82) is 0 Å². The average Bonchev–Trinajstić information content (AvgIpc) is 2.21. The minimum absolute atomic E-state index is 0.0412. The molecule has 0 saturated heterocycles. The van der Waals surface area contributed by atoms with Crippen molar-refractivity contribution in [2.45, 2.75) is 65.2 Å². The van der Waals surface area contributed by atoms with Gasteiger partial charge in [-0.1, -0.05) is 17.7 Å². The Morgan fingerprint density at radius 3 is 1.95 bits per heavy atom. The lowest BCUT2D eigenvalue weighted by Gasteiger charge is -2.26. The lowest BCUT2D eigenvalue weighted by atomic mass is 9.86. The van der Waals surface area contributed by atoms with Crippen molar-refractivity contribution in [2.75, 3.05) is 0 Å². The summed E-state index contributed by atoms with van der Waals surface area (Å²) in [5.41, 5.74) is 3.25. The van der Waals surface area contributed by atoms with E-state index in [2.05, 4.69) is 0 Å². The summed E-state index contributed by atoms with van der Waals surface area (Å²) in [5.74, 6) is 0. The van der Waals surface area contributed by atoms with E-state index in [1.165, 1.54) is 0 Å². The summed E-state index contributed by atoms with van der Waals surface area (Å²) < 4.78 is 36.4. The summed E-state index contributed by atoms with van der Waals surface area (Å²) in [5, 5.41) is 10.3. The highest BCUT2D eigenvalue weighted by atomic mass is 19.4. The first-order valence-electron chi connectivity index (χ1n) is 6.86. The highest BCUT2D eigenvalue weighted by Gasteiger charge is 2.29. The molecule has 0 heterocycles. The van der Waals surface area contributed by atoms with Crippen LogP contribution in [0.2, 0.25) is 0 Å². The van der Waals surface area contributed by atoms with Gasteiger partial charge in [-0.3, -0.25) is 0 Å². The largest absolute Gasteiger partial charge is 0.390 e. The monoisotopic (exact) mass is 288 g/mol. The van der Waals surface area contributed by atoms with Gasteiger partial charge in [-0.2, -0.15) is 13.2 Å². The number of alkyl halides is 3. The van der Waals surface area contributed by atoms with Gasteiger partial charge in [-0.15, -0.1) is 0 Å². The average molecular weight is 288 g/mol. The second-order valence-electron chi connectivity index (χ2n) is 6.02. The molecule has 0 aliphatic carbocycles. The molecule has 20 heavy (non-hydrogen) atoms. The molecule has 1 unspecified atom stereocenters. The number of aryl methyl sites for hydroxylation is 3. The summed E-state index contributed by atoms with van der Waals surface area (Å²) in [4.78, 5) is 0. The lowest BCUT2D eigenvalue weighted by molar-refractivity contribution is -0.137. The van der Waals surface area contributed by atoms with E-state index in [0.29, 0.717) is 6.42 Å². The smallest absolute Gasteiger partial charge is 0.389 e. The molecule has 0 radical (unpaired) electrons. The van der Waals surface area contributed by atoms with Gasteiger partial charge in [-0.25, -0.2) is 0 Å². The van der Waals surface area contributed by atoms with Gasteiger partial charge in [0.05, 0.1) is 5.60 Å². The molecule has 0 aliphatic heterocycles. The third-order valence-corrected chi connectivity index (χ3v) is 3.57. The Hall–Kier alpha value is -1.03. The van der Waals surface area contributed by atoms with Crippen LogP contribution in [0, 0.1) is 20.8 Å². The minimum atomic E-state index is -4.15. The van der Waals surface area contributed by atoms with Crippen LogP contribution in [0.3, 0.4) is 0 Å². The summed E-state index contributed by atoms with van der Waals surface area (Å²) in [7, 11) is 0. The lowest BCUT2D eigenvalue weighted by Crippen LogP contribution is -2.28. The fourth-order valence-electron chi connectivity index (χ4n) is 2.63. The van der Waals surface area contributed by atoms with Gasteiger partial charge < -0.3 is 5.11 Å². The van der Waals surface area contributed by atoms with Gasteiger partial charge in [0.15, 0.2) is 0 Å². The highest BCUT2D eigenvalue weighted by molar-refractivity contribution is 5.38.